The van der Waals surface area contributed by atoms with E-state index in [2.05, 4.69) is 0 Å². The lowest BCUT2D eigenvalue weighted by Crippen LogP contribution is -2.03. The summed E-state index contributed by atoms with van der Waals surface area (Å²) in [6.45, 7) is 0. The lowest BCUT2D eigenvalue weighted by Gasteiger charge is -1.96. The van der Waals surface area contributed by atoms with Gasteiger partial charge in [-0.2, -0.15) is 0 Å². The molecule has 1 fully saturated rings. The molecule has 0 spiro atoms. The summed E-state index contributed by atoms with van der Waals surface area (Å²) >= 11 is 0. The van der Waals surface area contributed by atoms with E-state index in [0.717, 1.165) is 12.8 Å². The Bertz CT molecular complexity index is 373. The molecule has 1 aliphatic rings. The molecule has 2 rings (SSSR count). The van der Waals surface area contributed by atoms with Crippen LogP contribution in [0.2, 0.25) is 0 Å². The molecule has 4 nitrogen and oxygen atoms in total. The molecular weight excluding hydrogens is 184 g/mol. The van der Waals surface area contributed by atoms with Crippen molar-refractivity contribution in [2.45, 2.75) is 19.3 Å². The monoisotopic (exact) mass is 194 g/mol. The molecule has 0 unspecified atom stereocenters. The minimum absolute atomic E-state index is 0.0342. The number of carboxylic acids is 1. The molecule has 1 saturated carbocycles. The van der Waals surface area contributed by atoms with Gasteiger partial charge < -0.3 is 9.52 Å². The van der Waals surface area contributed by atoms with Crippen molar-refractivity contribution in [2.75, 3.05) is 0 Å². The zero-order chi connectivity index (χ0) is 10.1. The van der Waals surface area contributed by atoms with Crippen LogP contribution in [-0.4, -0.2) is 17.4 Å². The van der Waals surface area contributed by atoms with Crippen molar-refractivity contribution in [2.24, 2.45) is 5.92 Å². The number of aldehydes is 1. The molecular formula is C10H10O4. The number of hydrogen-bond donors (Lipinski definition) is 1. The van der Waals surface area contributed by atoms with E-state index < -0.39 is 5.97 Å². The topological polar surface area (TPSA) is 67.5 Å². The van der Waals surface area contributed by atoms with E-state index in [9.17, 15) is 9.59 Å². The first kappa shape index (κ1) is 8.99. The van der Waals surface area contributed by atoms with E-state index >= 15 is 0 Å². The van der Waals surface area contributed by atoms with Gasteiger partial charge in [-0.1, -0.05) is 0 Å². The second-order valence-electron chi connectivity index (χ2n) is 3.57. The van der Waals surface area contributed by atoms with Crippen molar-refractivity contribution < 1.29 is 19.1 Å². The van der Waals surface area contributed by atoms with E-state index in [-0.39, 0.29) is 11.3 Å². The fourth-order valence-electron chi connectivity index (χ4n) is 1.52. The van der Waals surface area contributed by atoms with Crippen LogP contribution in [0.3, 0.4) is 0 Å². The molecule has 0 saturated heterocycles. The van der Waals surface area contributed by atoms with Crippen molar-refractivity contribution >= 4 is 12.3 Å². The predicted octanol–water partition coefficient (Wildman–Crippen LogP) is 1.74. The first-order chi connectivity index (χ1) is 6.72. The van der Waals surface area contributed by atoms with Gasteiger partial charge in [0.25, 0.3) is 0 Å². The second kappa shape index (κ2) is 3.29. The van der Waals surface area contributed by atoms with Crippen molar-refractivity contribution in [3.05, 3.63) is 23.2 Å². The summed E-state index contributed by atoms with van der Waals surface area (Å²) in [6, 6.07) is 0. The molecule has 0 aromatic carbocycles. The highest BCUT2D eigenvalue weighted by Crippen LogP contribution is 2.34. The Morgan fingerprint density at radius 2 is 2.36 bits per heavy atom. The molecule has 1 N–H and O–H groups in total. The summed E-state index contributed by atoms with van der Waals surface area (Å²) in [6.07, 6.45) is 4.81. The van der Waals surface area contributed by atoms with Gasteiger partial charge in [-0.15, -0.1) is 0 Å². The molecule has 0 amide bonds. The van der Waals surface area contributed by atoms with Gasteiger partial charge in [-0.25, -0.2) is 4.79 Å². The third-order valence-corrected chi connectivity index (χ3v) is 2.42. The summed E-state index contributed by atoms with van der Waals surface area (Å²) in [7, 11) is 0. The van der Waals surface area contributed by atoms with Crippen molar-refractivity contribution in [1.82, 2.24) is 0 Å². The van der Waals surface area contributed by atoms with Gasteiger partial charge in [0.15, 0.2) is 12.0 Å². The number of hydrogen-bond acceptors (Lipinski definition) is 3. The van der Waals surface area contributed by atoms with Crippen LogP contribution in [0.4, 0.5) is 0 Å². The molecule has 0 radical (unpaired) electrons. The van der Waals surface area contributed by atoms with Gasteiger partial charge in [0.2, 0.25) is 0 Å². The third kappa shape index (κ3) is 1.55. The Kier molecular flexibility index (Phi) is 2.11. The quantitative estimate of drug-likeness (QED) is 0.741. The predicted molar refractivity (Wildman–Crippen MR) is 47.5 cm³/mol. The molecule has 1 aliphatic carbocycles. The van der Waals surface area contributed by atoms with Gasteiger partial charge >= 0.3 is 5.97 Å². The van der Waals surface area contributed by atoms with Crippen molar-refractivity contribution in [1.29, 1.82) is 0 Å². The van der Waals surface area contributed by atoms with Crippen LogP contribution in [0.1, 0.15) is 39.3 Å². The van der Waals surface area contributed by atoms with Crippen LogP contribution < -0.4 is 0 Å². The van der Waals surface area contributed by atoms with Crippen LogP contribution in [0.25, 0.3) is 0 Å². The zero-order valence-corrected chi connectivity index (χ0v) is 7.53. The average Bonchev–Trinajstić information content (AvgIpc) is 2.83. The second-order valence-corrected chi connectivity index (χ2v) is 3.57. The van der Waals surface area contributed by atoms with Crippen LogP contribution in [0, 0.1) is 5.92 Å². The van der Waals surface area contributed by atoms with Gasteiger partial charge in [-0.05, 0) is 25.2 Å². The first-order valence-corrected chi connectivity index (χ1v) is 4.51. The molecule has 0 aliphatic heterocycles. The maximum absolute atomic E-state index is 10.8. The van der Waals surface area contributed by atoms with Crippen LogP contribution in [-0.2, 0) is 6.42 Å². The lowest BCUT2D eigenvalue weighted by atomic mass is 10.1. The summed E-state index contributed by atoms with van der Waals surface area (Å²) in [5.74, 6) is -0.588. The molecule has 1 aromatic heterocycles. The standard InChI is InChI=1S/C10H10O4/c11-4-8-9(10(12)13)7(5-14-8)3-6-1-2-6/h4-6H,1-3H2,(H,12,13). The number of furan rings is 1. The minimum atomic E-state index is -1.09. The summed E-state index contributed by atoms with van der Waals surface area (Å²) in [5.41, 5.74) is 0.675. The van der Waals surface area contributed by atoms with E-state index in [1.807, 2.05) is 0 Å². The van der Waals surface area contributed by atoms with Crippen molar-refractivity contribution in [3.8, 4) is 0 Å². The zero-order valence-electron chi connectivity index (χ0n) is 7.53. The first-order valence-electron chi connectivity index (χ1n) is 4.51. The third-order valence-electron chi connectivity index (χ3n) is 2.42. The fourth-order valence-corrected chi connectivity index (χ4v) is 1.52. The lowest BCUT2D eigenvalue weighted by molar-refractivity contribution is 0.0691. The Hall–Kier alpha value is -1.58. The van der Waals surface area contributed by atoms with Crippen LogP contribution >= 0.6 is 0 Å². The van der Waals surface area contributed by atoms with Gasteiger partial charge in [0.1, 0.15) is 5.56 Å². The summed E-state index contributed by atoms with van der Waals surface area (Å²) in [5, 5.41) is 8.88. The highest BCUT2D eigenvalue weighted by Gasteiger charge is 2.27. The van der Waals surface area contributed by atoms with Crippen molar-refractivity contribution in [3.63, 3.8) is 0 Å². The molecule has 1 aromatic rings. The van der Waals surface area contributed by atoms with Gasteiger partial charge in [-0.3, -0.25) is 4.79 Å². The normalized spacial score (nSPS) is 15.4. The van der Waals surface area contributed by atoms with E-state index in [4.69, 9.17) is 9.52 Å². The largest absolute Gasteiger partial charge is 0.478 e. The van der Waals surface area contributed by atoms with Gasteiger partial charge in [0, 0.05) is 5.56 Å². The highest BCUT2D eigenvalue weighted by molar-refractivity contribution is 5.96. The summed E-state index contributed by atoms with van der Waals surface area (Å²) in [4.78, 5) is 21.3. The number of carbonyl (C=O) groups excluding carboxylic acids is 1. The Labute approximate surface area is 80.5 Å². The van der Waals surface area contributed by atoms with E-state index in [1.165, 1.54) is 6.26 Å². The fraction of sp³-hybridized carbons (Fsp3) is 0.400. The van der Waals surface area contributed by atoms with E-state index in [1.54, 1.807) is 0 Å². The SMILES string of the molecule is O=Cc1occ(CC2CC2)c1C(=O)O. The molecule has 1 heterocycles. The maximum atomic E-state index is 10.8. The van der Waals surface area contributed by atoms with Crippen LogP contribution in [0.5, 0.6) is 0 Å². The average molecular weight is 194 g/mol. The summed E-state index contributed by atoms with van der Waals surface area (Å²) < 4.78 is 4.89. The minimum Gasteiger partial charge on any atom is -0.478 e. The number of carboxylic acid groups (broad SMARTS) is 1. The molecule has 14 heavy (non-hydrogen) atoms. The number of rotatable bonds is 4. The smallest absolute Gasteiger partial charge is 0.340 e. The molecule has 0 bridgehead atoms. The Morgan fingerprint density at radius 3 is 2.86 bits per heavy atom. The number of carbonyl (C=O) groups is 2. The maximum Gasteiger partial charge on any atom is 0.340 e. The molecule has 74 valence electrons. The Balaban J connectivity index is 2.32. The number of aromatic carboxylic acids is 1. The Morgan fingerprint density at radius 1 is 1.64 bits per heavy atom. The van der Waals surface area contributed by atoms with E-state index in [0.29, 0.717) is 24.2 Å². The van der Waals surface area contributed by atoms with Crippen LogP contribution in [0.15, 0.2) is 10.7 Å². The molecule has 4 heteroatoms. The molecule has 0 atom stereocenters. The highest BCUT2D eigenvalue weighted by atomic mass is 16.4. The van der Waals surface area contributed by atoms with Gasteiger partial charge in [0.05, 0.1) is 6.26 Å².